The quantitative estimate of drug-likeness (QED) is 0.608. The zero-order valence-electron chi connectivity index (χ0n) is 10.3. The Morgan fingerprint density at radius 1 is 1.05 bits per heavy atom. The highest BCUT2D eigenvalue weighted by Crippen LogP contribution is 2.37. The number of hydrazine groups is 1. The molecular formula is C13H7Cl3N2O3. The molecule has 0 atom stereocenters. The summed E-state index contributed by atoms with van der Waals surface area (Å²) in [6.45, 7) is 0. The molecule has 1 amide bonds. The van der Waals surface area contributed by atoms with Crippen molar-refractivity contribution in [2.45, 2.75) is 0 Å². The van der Waals surface area contributed by atoms with Crippen LogP contribution in [0.4, 0.5) is 5.69 Å². The summed E-state index contributed by atoms with van der Waals surface area (Å²) in [5.74, 6) is -0.855. The molecule has 0 heterocycles. The van der Waals surface area contributed by atoms with Gasteiger partial charge < -0.3 is 0 Å². The Morgan fingerprint density at radius 2 is 1.57 bits per heavy atom. The van der Waals surface area contributed by atoms with Crippen molar-refractivity contribution in [2.24, 2.45) is 0 Å². The second-order valence-corrected chi connectivity index (χ2v) is 5.19. The van der Waals surface area contributed by atoms with E-state index in [9.17, 15) is 14.9 Å². The van der Waals surface area contributed by atoms with Gasteiger partial charge in [0.1, 0.15) is 0 Å². The van der Waals surface area contributed by atoms with Crippen molar-refractivity contribution in [3.8, 4) is 0 Å². The lowest BCUT2D eigenvalue weighted by atomic mass is 10.2. The second-order valence-electron chi connectivity index (χ2n) is 3.94. The number of hydrogen-bond acceptors (Lipinski definition) is 3. The number of carbonyl (C=O) groups excluding carboxylic acids is 1. The Hall–Kier alpha value is -1.82. The lowest BCUT2D eigenvalue weighted by Gasteiger charge is -2.15. The molecule has 108 valence electrons. The number of rotatable bonds is 3. The van der Waals surface area contributed by atoms with E-state index in [0.29, 0.717) is 5.01 Å². The highest BCUT2D eigenvalue weighted by Gasteiger charge is 2.32. The summed E-state index contributed by atoms with van der Waals surface area (Å²) < 4.78 is 0. The molecule has 2 aromatic carbocycles. The van der Waals surface area contributed by atoms with E-state index in [2.05, 4.69) is 0 Å². The van der Waals surface area contributed by atoms with Gasteiger partial charge in [0.15, 0.2) is 10.7 Å². The van der Waals surface area contributed by atoms with E-state index in [0.717, 1.165) is 0 Å². The maximum absolute atomic E-state index is 12.3. The molecule has 0 aromatic heterocycles. The fourth-order valence-electron chi connectivity index (χ4n) is 1.70. The standard InChI is InChI=1S/C13H7Cl3N2O3/c14-9-6-10(15)12(11(16)7-9)17(18(20)21)13(19)8-4-2-1-3-5-8/h1-7H. The van der Waals surface area contributed by atoms with Crippen molar-refractivity contribution >= 4 is 46.4 Å². The molecular weight excluding hydrogens is 339 g/mol. The topological polar surface area (TPSA) is 63.5 Å². The number of anilines is 1. The predicted octanol–water partition coefficient (Wildman–Crippen LogP) is 4.49. The van der Waals surface area contributed by atoms with Gasteiger partial charge in [0.25, 0.3) is 0 Å². The number of nitrogens with zero attached hydrogens (tertiary/aromatic N) is 2. The average molecular weight is 346 g/mol. The molecule has 0 saturated heterocycles. The minimum Gasteiger partial charge on any atom is -0.262 e. The summed E-state index contributed by atoms with van der Waals surface area (Å²) in [4.78, 5) is 23.6. The molecule has 5 nitrogen and oxygen atoms in total. The Morgan fingerprint density at radius 3 is 2.05 bits per heavy atom. The Labute approximate surface area is 134 Å². The molecule has 0 unspecified atom stereocenters. The summed E-state index contributed by atoms with van der Waals surface area (Å²) in [5, 5.41) is 10.7. The smallest absolute Gasteiger partial charge is 0.262 e. The van der Waals surface area contributed by atoms with Crippen LogP contribution in [0.25, 0.3) is 0 Å². The number of nitro groups is 1. The SMILES string of the molecule is O=C(c1ccccc1)N(c1c(Cl)cc(Cl)cc1Cl)[N+](=O)[O-]. The monoisotopic (exact) mass is 344 g/mol. The van der Waals surface area contributed by atoms with Crippen LogP contribution in [0.1, 0.15) is 10.4 Å². The van der Waals surface area contributed by atoms with E-state index < -0.39 is 10.9 Å². The van der Waals surface area contributed by atoms with Crippen LogP contribution in [0.5, 0.6) is 0 Å². The van der Waals surface area contributed by atoms with Crippen LogP contribution >= 0.6 is 34.8 Å². The Bertz CT molecular complexity index is 684. The highest BCUT2D eigenvalue weighted by molar-refractivity contribution is 6.42. The van der Waals surface area contributed by atoms with E-state index in [1.54, 1.807) is 18.2 Å². The molecule has 0 aliphatic carbocycles. The van der Waals surface area contributed by atoms with Crippen LogP contribution in [-0.4, -0.2) is 10.9 Å². The highest BCUT2D eigenvalue weighted by atomic mass is 35.5. The van der Waals surface area contributed by atoms with Crippen molar-refractivity contribution < 1.29 is 9.83 Å². The van der Waals surface area contributed by atoms with E-state index in [1.165, 1.54) is 24.3 Å². The number of halogens is 3. The van der Waals surface area contributed by atoms with E-state index in [4.69, 9.17) is 34.8 Å². The first kappa shape index (κ1) is 15.6. The second kappa shape index (κ2) is 6.30. The fraction of sp³-hybridized carbons (Fsp3) is 0. The Balaban J connectivity index is 2.56. The van der Waals surface area contributed by atoms with Crippen molar-refractivity contribution in [2.75, 3.05) is 5.01 Å². The molecule has 0 saturated carbocycles. The average Bonchev–Trinajstić information content (AvgIpc) is 2.42. The van der Waals surface area contributed by atoms with Crippen LogP contribution in [0.15, 0.2) is 42.5 Å². The lowest BCUT2D eigenvalue weighted by Crippen LogP contribution is -2.36. The molecule has 0 aliphatic rings. The molecule has 0 radical (unpaired) electrons. The third kappa shape index (κ3) is 3.26. The maximum atomic E-state index is 12.3. The zero-order valence-corrected chi connectivity index (χ0v) is 12.6. The van der Waals surface area contributed by atoms with Gasteiger partial charge in [-0.2, -0.15) is 0 Å². The largest absolute Gasteiger partial charge is 0.320 e. The van der Waals surface area contributed by atoms with Gasteiger partial charge in [-0.25, -0.2) is 10.1 Å². The molecule has 2 aromatic rings. The van der Waals surface area contributed by atoms with Crippen molar-refractivity contribution in [1.82, 2.24) is 0 Å². The summed E-state index contributed by atoms with van der Waals surface area (Å²) >= 11 is 17.6. The van der Waals surface area contributed by atoms with Crippen molar-refractivity contribution in [3.63, 3.8) is 0 Å². The first-order chi connectivity index (χ1) is 9.91. The van der Waals surface area contributed by atoms with Gasteiger partial charge in [0, 0.05) is 10.6 Å². The summed E-state index contributed by atoms with van der Waals surface area (Å²) in [6.07, 6.45) is 0. The third-order valence-electron chi connectivity index (χ3n) is 2.57. The number of amides is 1. The normalized spacial score (nSPS) is 10.2. The fourth-order valence-corrected chi connectivity index (χ4v) is 2.67. The zero-order chi connectivity index (χ0) is 15.6. The van der Waals surface area contributed by atoms with Crippen LogP contribution in [0, 0.1) is 10.1 Å². The molecule has 0 fully saturated rings. The lowest BCUT2D eigenvalue weighted by molar-refractivity contribution is -0.481. The number of benzene rings is 2. The van der Waals surface area contributed by atoms with Gasteiger partial charge >= 0.3 is 5.91 Å². The van der Waals surface area contributed by atoms with Gasteiger partial charge in [-0.1, -0.05) is 53.0 Å². The van der Waals surface area contributed by atoms with Gasteiger partial charge in [-0.05, 0) is 29.3 Å². The Kier molecular flexibility index (Phi) is 4.67. The molecule has 0 N–H and O–H groups in total. The van der Waals surface area contributed by atoms with Crippen LogP contribution in [-0.2, 0) is 0 Å². The van der Waals surface area contributed by atoms with E-state index in [-0.39, 0.29) is 26.3 Å². The molecule has 8 heteroatoms. The molecule has 0 spiro atoms. The van der Waals surface area contributed by atoms with Gasteiger partial charge in [0.05, 0.1) is 10.0 Å². The van der Waals surface area contributed by atoms with E-state index in [1.807, 2.05) is 0 Å². The van der Waals surface area contributed by atoms with Crippen molar-refractivity contribution in [3.05, 3.63) is 73.2 Å². The van der Waals surface area contributed by atoms with E-state index >= 15 is 0 Å². The molecule has 2 rings (SSSR count). The summed E-state index contributed by atoms with van der Waals surface area (Å²) in [7, 11) is 0. The van der Waals surface area contributed by atoms with Crippen LogP contribution < -0.4 is 5.01 Å². The first-order valence-corrected chi connectivity index (χ1v) is 6.73. The molecule has 21 heavy (non-hydrogen) atoms. The first-order valence-electron chi connectivity index (χ1n) is 5.60. The minimum atomic E-state index is -0.879. The van der Waals surface area contributed by atoms with Gasteiger partial charge in [0.2, 0.25) is 0 Å². The summed E-state index contributed by atoms with van der Waals surface area (Å²) in [5.41, 5.74) is -0.0853. The van der Waals surface area contributed by atoms with Crippen LogP contribution in [0.3, 0.4) is 0 Å². The predicted molar refractivity (Wildman–Crippen MR) is 81.7 cm³/mol. The maximum Gasteiger partial charge on any atom is 0.320 e. The molecule has 0 aliphatic heterocycles. The van der Waals surface area contributed by atoms with Crippen LogP contribution in [0.2, 0.25) is 15.1 Å². The number of carbonyl (C=O) groups is 1. The van der Waals surface area contributed by atoms with Gasteiger partial charge in [-0.3, -0.25) is 4.79 Å². The molecule has 0 bridgehead atoms. The minimum absolute atomic E-state index is 0.0894. The third-order valence-corrected chi connectivity index (χ3v) is 3.36. The number of hydrogen-bond donors (Lipinski definition) is 0. The van der Waals surface area contributed by atoms with Crippen molar-refractivity contribution in [1.29, 1.82) is 0 Å². The summed E-state index contributed by atoms with van der Waals surface area (Å²) in [6, 6.07) is 10.3. The van der Waals surface area contributed by atoms with Gasteiger partial charge in [-0.15, -0.1) is 0 Å².